The minimum Gasteiger partial charge on any atom is -0.496 e. The summed E-state index contributed by atoms with van der Waals surface area (Å²) in [7, 11) is 1.73. The largest absolute Gasteiger partial charge is 0.496 e. The summed E-state index contributed by atoms with van der Waals surface area (Å²) in [6, 6.07) is 4.38. The van der Waals surface area contributed by atoms with Gasteiger partial charge < -0.3 is 14.4 Å². The molecule has 0 unspecified atom stereocenters. The SMILES string of the molecule is C/C=C(Cl)\C=C(/C)c1nc(C(=O)N2CCOCC2(C)C)c2n1-c1cc(CC(C)C)c(OC)cc1CC2. The Labute approximate surface area is 219 Å². The number of hydrogen-bond acceptors (Lipinski definition) is 4. The average Bonchev–Trinajstić information content (AvgIpc) is 3.23. The Kier molecular flexibility index (Phi) is 7.67. The van der Waals surface area contributed by atoms with Gasteiger partial charge in [0.05, 0.1) is 37.2 Å². The molecule has 0 atom stereocenters. The second-order valence-corrected chi connectivity index (χ2v) is 11.2. The van der Waals surface area contributed by atoms with Gasteiger partial charge in [-0.05, 0) is 87.8 Å². The van der Waals surface area contributed by atoms with Crippen LogP contribution in [0.4, 0.5) is 0 Å². The summed E-state index contributed by atoms with van der Waals surface area (Å²) < 4.78 is 13.6. The number of hydrogen-bond donors (Lipinski definition) is 0. The normalized spacial score (nSPS) is 17.8. The first-order chi connectivity index (χ1) is 17.1. The van der Waals surface area contributed by atoms with Gasteiger partial charge in [0.1, 0.15) is 11.6 Å². The molecule has 2 aliphatic rings. The van der Waals surface area contributed by atoms with Crippen molar-refractivity contribution >= 4 is 23.1 Å². The lowest BCUT2D eigenvalue weighted by Crippen LogP contribution is -2.55. The zero-order chi connectivity index (χ0) is 26.2. The van der Waals surface area contributed by atoms with Crippen LogP contribution in [0.5, 0.6) is 5.75 Å². The van der Waals surface area contributed by atoms with E-state index < -0.39 is 5.54 Å². The Balaban J connectivity index is 1.93. The van der Waals surface area contributed by atoms with Gasteiger partial charge in [-0.2, -0.15) is 0 Å². The standard InChI is InChI=1S/C29H38ClN3O3/c1-8-22(30)14-19(4)27-31-26(28(34)32-11-12-36-17-29(32,5)6)23-10-9-20-16-25(35-7)21(13-18(2)3)15-24(20)33(23)27/h8,14-16,18H,9-13,17H2,1-7H3/b19-14+,22-8+. The number of allylic oxidation sites excluding steroid dienone is 4. The number of ether oxygens (including phenoxy) is 2. The van der Waals surface area contributed by atoms with E-state index >= 15 is 0 Å². The quantitative estimate of drug-likeness (QED) is 0.448. The molecule has 0 radical (unpaired) electrons. The number of halogens is 1. The summed E-state index contributed by atoms with van der Waals surface area (Å²) >= 11 is 6.39. The van der Waals surface area contributed by atoms with Crippen LogP contribution in [0.1, 0.15) is 74.7 Å². The Morgan fingerprint density at radius 2 is 2.06 bits per heavy atom. The van der Waals surface area contributed by atoms with Gasteiger partial charge in [-0.15, -0.1) is 0 Å². The number of methoxy groups -OCH3 is 1. The lowest BCUT2D eigenvalue weighted by atomic mass is 9.94. The van der Waals surface area contributed by atoms with Crippen molar-refractivity contribution in [2.24, 2.45) is 5.92 Å². The molecule has 2 aromatic rings. The molecule has 194 valence electrons. The topological polar surface area (TPSA) is 56.6 Å². The minimum atomic E-state index is -0.393. The zero-order valence-electron chi connectivity index (χ0n) is 22.6. The first kappa shape index (κ1) is 26.5. The second kappa shape index (κ2) is 10.4. The predicted octanol–water partition coefficient (Wildman–Crippen LogP) is 5.97. The molecule has 0 aliphatic carbocycles. The van der Waals surface area contributed by atoms with Gasteiger partial charge in [0.25, 0.3) is 5.91 Å². The van der Waals surface area contributed by atoms with Crippen molar-refractivity contribution in [3.8, 4) is 11.4 Å². The fraction of sp³-hybridized carbons (Fsp3) is 0.517. The van der Waals surface area contributed by atoms with E-state index in [1.807, 2.05) is 44.7 Å². The molecule has 0 saturated carbocycles. The summed E-state index contributed by atoms with van der Waals surface area (Å²) in [5, 5.41) is 0.637. The molecule has 2 aliphatic heterocycles. The van der Waals surface area contributed by atoms with Crippen LogP contribution in [0.25, 0.3) is 11.3 Å². The van der Waals surface area contributed by atoms with Gasteiger partial charge >= 0.3 is 0 Å². The zero-order valence-corrected chi connectivity index (χ0v) is 23.3. The van der Waals surface area contributed by atoms with Gasteiger partial charge in [-0.25, -0.2) is 4.98 Å². The highest BCUT2D eigenvalue weighted by molar-refractivity contribution is 6.31. The maximum Gasteiger partial charge on any atom is 0.274 e. The number of imidazole rings is 1. The highest BCUT2D eigenvalue weighted by Gasteiger charge is 2.38. The van der Waals surface area contributed by atoms with Crippen molar-refractivity contribution in [2.75, 3.05) is 26.9 Å². The lowest BCUT2D eigenvalue weighted by Gasteiger charge is -2.41. The lowest BCUT2D eigenvalue weighted by molar-refractivity contribution is -0.0373. The summed E-state index contributed by atoms with van der Waals surface area (Å²) in [5.41, 5.74) is 5.42. The van der Waals surface area contributed by atoms with Crippen LogP contribution < -0.4 is 4.74 Å². The molecule has 1 saturated heterocycles. The molecule has 36 heavy (non-hydrogen) atoms. The highest BCUT2D eigenvalue weighted by atomic mass is 35.5. The van der Waals surface area contributed by atoms with Crippen molar-refractivity contribution in [1.29, 1.82) is 0 Å². The Morgan fingerprint density at radius 3 is 2.69 bits per heavy atom. The third-order valence-corrected chi connectivity index (χ3v) is 7.36. The van der Waals surface area contributed by atoms with E-state index in [1.165, 1.54) is 5.56 Å². The highest BCUT2D eigenvalue weighted by Crippen LogP contribution is 2.37. The number of amides is 1. The second-order valence-electron chi connectivity index (χ2n) is 10.8. The minimum absolute atomic E-state index is 0.0393. The first-order valence-corrected chi connectivity index (χ1v) is 13.2. The van der Waals surface area contributed by atoms with Crippen LogP contribution in [0, 0.1) is 5.92 Å². The molecule has 6 nitrogen and oxygen atoms in total. The fourth-order valence-electron chi connectivity index (χ4n) is 5.20. The molecule has 0 spiro atoms. The van der Waals surface area contributed by atoms with Gasteiger partial charge in [0, 0.05) is 11.6 Å². The number of morpholine rings is 1. The average molecular weight is 512 g/mol. The molecular weight excluding hydrogens is 474 g/mol. The number of aryl methyl sites for hydroxylation is 1. The van der Waals surface area contributed by atoms with Crippen LogP contribution in [0.3, 0.4) is 0 Å². The van der Waals surface area contributed by atoms with E-state index in [1.54, 1.807) is 7.11 Å². The number of aromatic nitrogens is 2. The Bertz CT molecular complexity index is 1220. The van der Waals surface area contributed by atoms with Crippen molar-refractivity contribution in [2.45, 2.75) is 66.3 Å². The van der Waals surface area contributed by atoms with Crippen LogP contribution >= 0.6 is 11.6 Å². The summed E-state index contributed by atoms with van der Waals surface area (Å²) in [6.45, 7) is 14.0. The molecular formula is C29H38ClN3O3. The monoisotopic (exact) mass is 511 g/mol. The van der Waals surface area contributed by atoms with Gasteiger partial charge in [-0.3, -0.25) is 9.36 Å². The Hall–Kier alpha value is -2.57. The Morgan fingerprint density at radius 1 is 1.31 bits per heavy atom. The first-order valence-electron chi connectivity index (χ1n) is 12.8. The summed E-state index contributed by atoms with van der Waals surface area (Å²) in [6.07, 6.45) is 6.22. The van der Waals surface area contributed by atoms with E-state index in [0.717, 1.165) is 53.4 Å². The number of nitrogens with zero attached hydrogens (tertiary/aromatic N) is 3. The molecule has 4 rings (SSSR count). The number of fused-ring (bicyclic) bond motifs is 3. The maximum absolute atomic E-state index is 13.9. The molecule has 0 N–H and O–H groups in total. The number of carbonyl (C=O) groups excluding carboxylic acids is 1. The number of rotatable bonds is 6. The van der Waals surface area contributed by atoms with E-state index in [0.29, 0.717) is 36.4 Å². The van der Waals surface area contributed by atoms with Gasteiger partial charge in [0.15, 0.2) is 5.69 Å². The maximum atomic E-state index is 13.9. The van der Waals surface area contributed by atoms with E-state index in [9.17, 15) is 4.79 Å². The van der Waals surface area contributed by atoms with E-state index in [4.69, 9.17) is 26.1 Å². The van der Waals surface area contributed by atoms with E-state index in [2.05, 4.69) is 30.5 Å². The summed E-state index contributed by atoms with van der Waals surface area (Å²) in [4.78, 5) is 20.9. The molecule has 7 heteroatoms. The van der Waals surface area contributed by atoms with Gasteiger partial charge in [-0.1, -0.05) is 31.5 Å². The number of carbonyl (C=O) groups is 1. The summed E-state index contributed by atoms with van der Waals surface area (Å²) in [5.74, 6) is 2.12. The number of benzene rings is 1. The smallest absolute Gasteiger partial charge is 0.274 e. The van der Waals surface area contributed by atoms with Crippen LogP contribution in [0.2, 0.25) is 0 Å². The fourth-order valence-corrected chi connectivity index (χ4v) is 5.37. The van der Waals surface area contributed by atoms with Crippen molar-refractivity contribution in [1.82, 2.24) is 14.5 Å². The third kappa shape index (κ3) is 4.98. The third-order valence-electron chi connectivity index (χ3n) is 7.03. The van der Waals surface area contributed by atoms with Crippen LogP contribution in [0.15, 0.2) is 29.3 Å². The molecule has 0 bridgehead atoms. The van der Waals surface area contributed by atoms with Crippen LogP contribution in [-0.2, 0) is 24.0 Å². The van der Waals surface area contributed by atoms with Crippen LogP contribution in [-0.4, -0.2) is 52.8 Å². The molecule has 1 aromatic heterocycles. The van der Waals surface area contributed by atoms with E-state index in [-0.39, 0.29) is 5.91 Å². The predicted molar refractivity (Wildman–Crippen MR) is 145 cm³/mol. The van der Waals surface area contributed by atoms with Crippen molar-refractivity contribution in [3.05, 3.63) is 57.7 Å². The molecule has 1 fully saturated rings. The molecule has 1 amide bonds. The van der Waals surface area contributed by atoms with Crippen molar-refractivity contribution in [3.63, 3.8) is 0 Å². The van der Waals surface area contributed by atoms with Crippen molar-refractivity contribution < 1.29 is 14.3 Å². The molecule has 1 aromatic carbocycles. The van der Waals surface area contributed by atoms with Gasteiger partial charge in [0.2, 0.25) is 0 Å². The molecule has 3 heterocycles.